The Bertz CT molecular complexity index is 506. The van der Waals surface area contributed by atoms with Crippen molar-refractivity contribution in [2.45, 2.75) is 76.1 Å². The van der Waals surface area contributed by atoms with Gasteiger partial charge in [-0.1, -0.05) is 0 Å². The van der Waals surface area contributed by atoms with Crippen LogP contribution in [0.1, 0.15) is 27.7 Å². The number of fused-ring (bicyclic) bond motifs is 1. The summed E-state index contributed by atoms with van der Waals surface area (Å²) in [6, 6.07) is 0. The number of hydrogen-bond acceptors (Lipinski definition) is 9. The van der Waals surface area contributed by atoms with Crippen LogP contribution in [0.3, 0.4) is 0 Å². The number of rotatable bonds is 4. The topological polar surface area (TPSA) is 102 Å². The lowest BCUT2D eigenvalue weighted by atomic mass is 9.99. The molecule has 3 aliphatic rings. The van der Waals surface area contributed by atoms with E-state index < -0.39 is 54.4 Å². The molecular weight excluding hydrogens is 336 g/mol. The number of aliphatic hydroxyl groups is 1. The Balaban J connectivity index is 1.62. The van der Waals surface area contributed by atoms with Crippen LogP contribution in [-0.4, -0.2) is 79.8 Å². The summed E-state index contributed by atoms with van der Waals surface area (Å²) in [5.41, 5.74) is 0. The van der Waals surface area contributed by atoms with E-state index in [1.165, 1.54) is 7.11 Å². The fraction of sp³-hybridized carbons (Fsp3) is 0.938. The third kappa shape index (κ3) is 3.97. The van der Waals surface area contributed by atoms with Gasteiger partial charge in [0.1, 0.15) is 31.0 Å². The number of esters is 1. The van der Waals surface area contributed by atoms with Crippen molar-refractivity contribution in [3.05, 3.63) is 0 Å². The van der Waals surface area contributed by atoms with Gasteiger partial charge in [-0.05, 0) is 27.7 Å². The lowest BCUT2D eigenvalue weighted by Gasteiger charge is -2.38. The van der Waals surface area contributed by atoms with E-state index in [4.69, 9.17) is 33.2 Å². The van der Waals surface area contributed by atoms with E-state index in [9.17, 15) is 9.90 Å². The number of carbonyl (C=O) groups excluding carboxylic acids is 1. The van der Waals surface area contributed by atoms with E-state index in [1.54, 1.807) is 27.7 Å². The number of ether oxygens (including phenoxy) is 7. The molecule has 0 aromatic carbocycles. The molecule has 144 valence electrons. The van der Waals surface area contributed by atoms with Crippen LogP contribution < -0.4 is 0 Å². The minimum absolute atomic E-state index is 0.0771. The molecule has 0 aromatic heterocycles. The maximum Gasteiger partial charge on any atom is 0.337 e. The predicted molar refractivity (Wildman–Crippen MR) is 81.4 cm³/mol. The lowest BCUT2D eigenvalue weighted by Crippen LogP contribution is -2.58. The van der Waals surface area contributed by atoms with Crippen molar-refractivity contribution in [3.8, 4) is 0 Å². The molecule has 3 aliphatic heterocycles. The molecule has 3 saturated heterocycles. The van der Waals surface area contributed by atoms with Gasteiger partial charge in [0, 0.05) is 7.11 Å². The highest BCUT2D eigenvalue weighted by atomic mass is 16.8. The van der Waals surface area contributed by atoms with E-state index in [-0.39, 0.29) is 13.2 Å². The van der Waals surface area contributed by atoms with Crippen LogP contribution in [0.4, 0.5) is 0 Å². The predicted octanol–water partition coefficient (Wildman–Crippen LogP) is -0.0666. The number of aliphatic hydroxyl groups excluding tert-OH is 1. The summed E-state index contributed by atoms with van der Waals surface area (Å²) < 4.78 is 38.5. The van der Waals surface area contributed by atoms with Gasteiger partial charge in [0.2, 0.25) is 0 Å². The fourth-order valence-electron chi connectivity index (χ4n) is 3.24. The largest absolute Gasteiger partial charge is 0.461 e. The molecule has 0 amide bonds. The molecule has 9 nitrogen and oxygen atoms in total. The zero-order chi connectivity index (χ0) is 18.4. The summed E-state index contributed by atoms with van der Waals surface area (Å²) in [4.78, 5) is 12.2. The summed E-state index contributed by atoms with van der Waals surface area (Å²) in [7, 11) is 1.42. The third-order valence-corrected chi connectivity index (χ3v) is 4.35. The summed E-state index contributed by atoms with van der Waals surface area (Å²) in [6.07, 6.45) is -4.54. The minimum atomic E-state index is -1.00. The van der Waals surface area contributed by atoms with Gasteiger partial charge in [-0.2, -0.15) is 0 Å². The Morgan fingerprint density at radius 3 is 2.40 bits per heavy atom. The summed E-state index contributed by atoms with van der Waals surface area (Å²) >= 11 is 0. The first kappa shape index (κ1) is 19.0. The molecule has 0 unspecified atom stereocenters. The Kier molecular flexibility index (Phi) is 5.11. The molecule has 1 N–H and O–H groups in total. The van der Waals surface area contributed by atoms with Crippen LogP contribution in [0.5, 0.6) is 0 Å². The highest BCUT2D eigenvalue weighted by Gasteiger charge is 2.55. The molecule has 0 aromatic rings. The molecular formula is C16H26O9. The molecule has 25 heavy (non-hydrogen) atoms. The van der Waals surface area contributed by atoms with E-state index in [2.05, 4.69) is 0 Å². The molecule has 0 bridgehead atoms. The normalized spacial score (nSPS) is 42.2. The van der Waals surface area contributed by atoms with Gasteiger partial charge in [0.05, 0.1) is 6.61 Å². The SMILES string of the molecule is CO[C@H]1O[C@H](COC(=O)[C@H]2COC(C)(C)O2)[C@@H]2OC(C)(C)O[C@@H]2[C@H]1O. The van der Waals surface area contributed by atoms with Crippen LogP contribution in [-0.2, 0) is 38.0 Å². The minimum Gasteiger partial charge on any atom is -0.461 e. The fourth-order valence-corrected chi connectivity index (χ4v) is 3.24. The van der Waals surface area contributed by atoms with Gasteiger partial charge in [-0.25, -0.2) is 4.79 Å². The summed E-state index contributed by atoms with van der Waals surface area (Å²) in [5, 5.41) is 10.3. The lowest BCUT2D eigenvalue weighted by molar-refractivity contribution is -0.275. The molecule has 0 saturated carbocycles. The van der Waals surface area contributed by atoms with Crippen molar-refractivity contribution in [1.29, 1.82) is 0 Å². The van der Waals surface area contributed by atoms with Crippen LogP contribution in [0.25, 0.3) is 0 Å². The molecule has 9 heteroatoms. The monoisotopic (exact) mass is 362 g/mol. The van der Waals surface area contributed by atoms with E-state index in [0.717, 1.165) is 0 Å². The molecule has 3 heterocycles. The van der Waals surface area contributed by atoms with Crippen LogP contribution in [0.15, 0.2) is 0 Å². The Morgan fingerprint density at radius 1 is 1.12 bits per heavy atom. The quantitative estimate of drug-likeness (QED) is 0.689. The van der Waals surface area contributed by atoms with Gasteiger partial charge in [0.15, 0.2) is 24.0 Å². The molecule has 3 rings (SSSR count). The van der Waals surface area contributed by atoms with Crippen molar-refractivity contribution in [2.75, 3.05) is 20.3 Å². The molecule has 0 aliphatic carbocycles. The second-order valence-corrected chi connectivity index (χ2v) is 7.28. The maximum atomic E-state index is 12.2. The molecule has 0 spiro atoms. The highest BCUT2D eigenvalue weighted by molar-refractivity contribution is 5.75. The zero-order valence-corrected chi connectivity index (χ0v) is 15.1. The first-order valence-corrected chi connectivity index (χ1v) is 8.32. The third-order valence-electron chi connectivity index (χ3n) is 4.35. The molecule has 6 atom stereocenters. The average Bonchev–Trinajstić information content (AvgIpc) is 3.05. The van der Waals surface area contributed by atoms with Gasteiger partial charge >= 0.3 is 5.97 Å². The second kappa shape index (κ2) is 6.73. The van der Waals surface area contributed by atoms with Crippen molar-refractivity contribution >= 4 is 5.97 Å². The Morgan fingerprint density at radius 2 is 1.80 bits per heavy atom. The van der Waals surface area contributed by atoms with Crippen LogP contribution >= 0.6 is 0 Å². The first-order chi connectivity index (χ1) is 11.6. The van der Waals surface area contributed by atoms with Crippen molar-refractivity contribution in [1.82, 2.24) is 0 Å². The van der Waals surface area contributed by atoms with Crippen molar-refractivity contribution in [2.24, 2.45) is 0 Å². The van der Waals surface area contributed by atoms with Crippen LogP contribution in [0.2, 0.25) is 0 Å². The van der Waals surface area contributed by atoms with Gasteiger partial charge in [0.25, 0.3) is 0 Å². The number of carbonyl (C=O) groups is 1. The zero-order valence-electron chi connectivity index (χ0n) is 15.1. The van der Waals surface area contributed by atoms with E-state index in [0.29, 0.717) is 0 Å². The molecule has 3 fully saturated rings. The maximum absolute atomic E-state index is 12.2. The van der Waals surface area contributed by atoms with E-state index >= 15 is 0 Å². The standard InChI is InChI=1S/C16H26O9/c1-15(2)21-7-9(23-15)13(18)20-6-8-11-12(25-16(3,4)24-11)10(17)14(19-5)22-8/h8-12,14,17H,6-7H2,1-5H3/t8-,9-,10-,11+,12-,14+/m1/s1. The Hall–Kier alpha value is -0.810. The van der Waals surface area contributed by atoms with Crippen molar-refractivity contribution < 1.29 is 43.1 Å². The molecule has 0 radical (unpaired) electrons. The average molecular weight is 362 g/mol. The smallest absolute Gasteiger partial charge is 0.337 e. The summed E-state index contributed by atoms with van der Waals surface area (Å²) in [6.45, 7) is 7.00. The van der Waals surface area contributed by atoms with Gasteiger partial charge < -0.3 is 38.3 Å². The number of methoxy groups -OCH3 is 1. The van der Waals surface area contributed by atoms with E-state index in [1.807, 2.05) is 0 Å². The Labute approximate surface area is 146 Å². The number of hydrogen-bond donors (Lipinski definition) is 1. The highest BCUT2D eigenvalue weighted by Crippen LogP contribution is 2.37. The summed E-state index contributed by atoms with van der Waals surface area (Å²) in [5.74, 6) is -2.23. The van der Waals surface area contributed by atoms with Gasteiger partial charge in [-0.3, -0.25) is 0 Å². The van der Waals surface area contributed by atoms with Gasteiger partial charge in [-0.15, -0.1) is 0 Å². The van der Waals surface area contributed by atoms with Crippen LogP contribution in [0, 0.1) is 0 Å². The second-order valence-electron chi connectivity index (χ2n) is 7.28. The first-order valence-electron chi connectivity index (χ1n) is 8.32. The van der Waals surface area contributed by atoms with Crippen molar-refractivity contribution in [3.63, 3.8) is 0 Å².